The minimum atomic E-state index is -0.0387. The van der Waals surface area contributed by atoms with Crippen LogP contribution in [0.5, 0.6) is 11.5 Å². The number of benzene rings is 2. The lowest BCUT2D eigenvalue weighted by Crippen LogP contribution is -2.49. The summed E-state index contributed by atoms with van der Waals surface area (Å²) in [6.07, 6.45) is 5.04. The Morgan fingerprint density at radius 3 is 2.61 bits per heavy atom. The lowest BCUT2D eigenvalue weighted by molar-refractivity contribution is -0.126. The SMILES string of the molecule is C=CCOc1ccc(/C=C/C(=O)N2CCN(c3nnnn3-c3ccccc3)CC2)cc1OC. The van der Waals surface area contributed by atoms with Gasteiger partial charge in [0.25, 0.3) is 0 Å². The number of piperazine rings is 1. The van der Waals surface area contributed by atoms with Gasteiger partial charge in [-0.2, -0.15) is 4.68 Å². The van der Waals surface area contributed by atoms with Crippen LogP contribution in [-0.2, 0) is 4.79 Å². The molecule has 0 radical (unpaired) electrons. The maximum absolute atomic E-state index is 12.7. The van der Waals surface area contributed by atoms with E-state index in [0.717, 1.165) is 11.3 Å². The molecule has 9 heteroatoms. The van der Waals surface area contributed by atoms with E-state index in [1.165, 1.54) is 0 Å². The Morgan fingerprint density at radius 2 is 1.88 bits per heavy atom. The summed E-state index contributed by atoms with van der Waals surface area (Å²) < 4.78 is 12.7. The second-order valence-electron chi connectivity index (χ2n) is 7.38. The fraction of sp³-hybridized carbons (Fsp3) is 0.250. The lowest BCUT2D eigenvalue weighted by Gasteiger charge is -2.34. The standard InChI is InChI=1S/C24H26N6O3/c1-3-17-33-21-11-9-19(18-22(21)32-2)10-12-23(31)28-13-15-29(16-14-28)24-25-26-27-30(24)20-7-5-4-6-8-20/h3-12,18H,1,13-17H2,2H3/b12-10+. The maximum atomic E-state index is 12.7. The van der Waals surface area contributed by atoms with Crippen LogP contribution in [0.25, 0.3) is 11.8 Å². The summed E-state index contributed by atoms with van der Waals surface area (Å²) in [6.45, 7) is 6.51. The van der Waals surface area contributed by atoms with Crippen molar-refractivity contribution < 1.29 is 14.3 Å². The zero-order valence-corrected chi connectivity index (χ0v) is 18.5. The van der Waals surface area contributed by atoms with Gasteiger partial charge in [0.1, 0.15) is 6.61 Å². The number of hydrogen-bond donors (Lipinski definition) is 0. The molecule has 1 aliphatic heterocycles. The lowest BCUT2D eigenvalue weighted by atomic mass is 10.2. The van der Waals surface area contributed by atoms with Gasteiger partial charge in [0.2, 0.25) is 11.9 Å². The molecule has 0 unspecified atom stereocenters. The van der Waals surface area contributed by atoms with Gasteiger partial charge in [-0.05, 0) is 46.3 Å². The van der Waals surface area contributed by atoms with E-state index in [-0.39, 0.29) is 5.91 Å². The van der Waals surface area contributed by atoms with E-state index >= 15 is 0 Å². The summed E-state index contributed by atoms with van der Waals surface area (Å²) in [7, 11) is 1.59. The first-order valence-corrected chi connectivity index (χ1v) is 10.7. The summed E-state index contributed by atoms with van der Waals surface area (Å²) in [5.41, 5.74) is 1.75. The van der Waals surface area contributed by atoms with Crippen molar-refractivity contribution in [2.24, 2.45) is 0 Å². The molecule has 3 aromatic rings. The van der Waals surface area contributed by atoms with Crippen molar-refractivity contribution in [1.29, 1.82) is 0 Å². The Morgan fingerprint density at radius 1 is 1.09 bits per heavy atom. The Kier molecular flexibility index (Phi) is 6.99. The molecular formula is C24H26N6O3. The van der Waals surface area contributed by atoms with Gasteiger partial charge in [-0.1, -0.05) is 42.0 Å². The van der Waals surface area contributed by atoms with Crippen LogP contribution in [0.15, 0.2) is 67.3 Å². The average Bonchev–Trinajstić information content (AvgIpc) is 3.37. The van der Waals surface area contributed by atoms with Gasteiger partial charge in [0.05, 0.1) is 12.8 Å². The third-order valence-corrected chi connectivity index (χ3v) is 5.29. The Bertz CT molecular complexity index is 1120. The molecule has 0 aliphatic carbocycles. The number of rotatable bonds is 8. The third-order valence-electron chi connectivity index (χ3n) is 5.29. The number of methoxy groups -OCH3 is 1. The molecule has 0 atom stereocenters. The highest BCUT2D eigenvalue weighted by molar-refractivity contribution is 5.92. The molecule has 0 spiro atoms. The van der Waals surface area contributed by atoms with E-state index in [0.29, 0.717) is 50.2 Å². The zero-order valence-electron chi connectivity index (χ0n) is 18.5. The molecule has 4 rings (SSSR count). The van der Waals surface area contributed by atoms with Crippen molar-refractivity contribution in [3.8, 4) is 17.2 Å². The molecule has 9 nitrogen and oxygen atoms in total. The molecule has 0 saturated carbocycles. The highest BCUT2D eigenvalue weighted by Gasteiger charge is 2.24. The summed E-state index contributed by atoms with van der Waals surface area (Å²) in [6, 6.07) is 15.3. The summed E-state index contributed by atoms with van der Waals surface area (Å²) >= 11 is 0. The van der Waals surface area contributed by atoms with Crippen molar-refractivity contribution in [2.75, 3.05) is 44.8 Å². The van der Waals surface area contributed by atoms with Crippen LogP contribution in [0.3, 0.4) is 0 Å². The average molecular weight is 447 g/mol. The topological polar surface area (TPSA) is 85.6 Å². The smallest absolute Gasteiger partial charge is 0.250 e. The number of ether oxygens (including phenoxy) is 2. The number of hydrogen-bond acceptors (Lipinski definition) is 7. The minimum absolute atomic E-state index is 0.0387. The van der Waals surface area contributed by atoms with Gasteiger partial charge in [-0.3, -0.25) is 4.79 Å². The first kappa shape index (κ1) is 22.1. The second kappa shape index (κ2) is 10.4. The molecule has 1 aromatic heterocycles. The van der Waals surface area contributed by atoms with Crippen LogP contribution >= 0.6 is 0 Å². The fourth-order valence-corrected chi connectivity index (χ4v) is 3.57. The van der Waals surface area contributed by atoms with E-state index in [1.54, 1.807) is 30.0 Å². The van der Waals surface area contributed by atoms with Crippen LogP contribution in [0.2, 0.25) is 0 Å². The van der Waals surface area contributed by atoms with Gasteiger partial charge in [0, 0.05) is 32.3 Å². The number of tetrazole rings is 1. The van der Waals surface area contributed by atoms with E-state index in [4.69, 9.17) is 9.47 Å². The molecule has 1 fully saturated rings. The predicted octanol–water partition coefficient (Wildman–Crippen LogP) is 2.60. The maximum Gasteiger partial charge on any atom is 0.250 e. The molecule has 2 heterocycles. The quantitative estimate of drug-likeness (QED) is 0.388. The van der Waals surface area contributed by atoms with Crippen molar-refractivity contribution in [2.45, 2.75) is 0 Å². The molecule has 170 valence electrons. The Balaban J connectivity index is 1.36. The van der Waals surface area contributed by atoms with Crippen LogP contribution in [0.4, 0.5) is 5.95 Å². The van der Waals surface area contributed by atoms with Crippen LogP contribution < -0.4 is 14.4 Å². The van der Waals surface area contributed by atoms with E-state index in [1.807, 2.05) is 53.4 Å². The van der Waals surface area contributed by atoms with Crippen LogP contribution in [-0.4, -0.2) is 70.9 Å². The number of para-hydroxylation sites is 1. The van der Waals surface area contributed by atoms with Gasteiger partial charge in [-0.25, -0.2) is 0 Å². The first-order chi connectivity index (χ1) is 16.2. The highest BCUT2D eigenvalue weighted by atomic mass is 16.5. The zero-order chi connectivity index (χ0) is 23.0. The van der Waals surface area contributed by atoms with Crippen molar-refractivity contribution in [1.82, 2.24) is 25.1 Å². The van der Waals surface area contributed by atoms with Crippen molar-refractivity contribution in [3.63, 3.8) is 0 Å². The van der Waals surface area contributed by atoms with Gasteiger partial charge >= 0.3 is 0 Å². The number of anilines is 1. The summed E-state index contributed by atoms with van der Waals surface area (Å²) in [5.74, 6) is 1.88. The second-order valence-corrected chi connectivity index (χ2v) is 7.38. The minimum Gasteiger partial charge on any atom is -0.493 e. The van der Waals surface area contributed by atoms with Crippen LogP contribution in [0, 0.1) is 0 Å². The number of aromatic nitrogens is 4. The number of amides is 1. The summed E-state index contributed by atoms with van der Waals surface area (Å²) in [5, 5.41) is 12.1. The van der Waals surface area contributed by atoms with E-state index in [9.17, 15) is 4.79 Å². The van der Waals surface area contributed by atoms with Crippen molar-refractivity contribution >= 4 is 17.9 Å². The molecule has 0 bridgehead atoms. The fourth-order valence-electron chi connectivity index (χ4n) is 3.57. The third kappa shape index (κ3) is 5.20. The van der Waals surface area contributed by atoms with Crippen molar-refractivity contribution in [3.05, 3.63) is 72.8 Å². The number of carbonyl (C=O) groups is 1. The number of carbonyl (C=O) groups excluding carboxylic acids is 1. The first-order valence-electron chi connectivity index (χ1n) is 10.7. The van der Waals surface area contributed by atoms with E-state index in [2.05, 4.69) is 27.0 Å². The van der Waals surface area contributed by atoms with Gasteiger partial charge in [-0.15, -0.1) is 0 Å². The summed E-state index contributed by atoms with van der Waals surface area (Å²) in [4.78, 5) is 16.6. The van der Waals surface area contributed by atoms with E-state index < -0.39 is 0 Å². The van der Waals surface area contributed by atoms with Gasteiger partial charge < -0.3 is 19.3 Å². The molecule has 2 aromatic carbocycles. The Hall–Kier alpha value is -4.14. The molecule has 33 heavy (non-hydrogen) atoms. The molecule has 1 aliphatic rings. The predicted molar refractivity (Wildman–Crippen MR) is 126 cm³/mol. The largest absolute Gasteiger partial charge is 0.493 e. The van der Waals surface area contributed by atoms with Crippen LogP contribution in [0.1, 0.15) is 5.56 Å². The highest BCUT2D eigenvalue weighted by Crippen LogP contribution is 2.28. The molecule has 1 saturated heterocycles. The normalized spacial score (nSPS) is 13.8. The molecule has 0 N–H and O–H groups in total. The van der Waals surface area contributed by atoms with Gasteiger partial charge in [0.15, 0.2) is 11.5 Å². The number of nitrogens with zero attached hydrogens (tertiary/aromatic N) is 6. The molecular weight excluding hydrogens is 420 g/mol. The Labute approximate surface area is 192 Å². The molecule has 1 amide bonds. The monoisotopic (exact) mass is 446 g/mol.